The molecule has 1 aromatic rings. The Morgan fingerprint density at radius 3 is 2.53 bits per heavy atom. The first-order valence-corrected chi connectivity index (χ1v) is 4.46. The van der Waals surface area contributed by atoms with Gasteiger partial charge in [-0.15, -0.1) is 4.91 Å². The van der Waals surface area contributed by atoms with Crippen LogP contribution in [0.15, 0.2) is 34.6 Å². The maximum absolute atomic E-state index is 10.2. The number of nitrogens with two attached hydrogens (primary N) is 1. The lowest BCUT2D eigenvalue weighted by atomic mass is 10.1. The van der Waals surface area contributed by atoms with E-state index in [-0.39, 0.29) is 6.04 Å². The minimum atomic E-state index is -0.245. The normalized spacial score (nSPS) is 11.5. The van der Waals surface area contributed by atoms with Crippen molar-refractivity contribution in [3.05, 3.63) is 45.2 Å². The Balaban J connectivity index is 2.70. The number of rotatable bonds is 5. The average molecular weight is 205 g/mol. The molecule has 0 saturated carbocycles. The van der Waals surface area contributed by atoms with Crippen LogP contribution in [0.25, 0.3) is 10.4 Å². The molecule has 0 fully saturated rings. The van der Waals surface area contributed by atoms with Gasteiger partial charge >= 0.3 is 0 Å². The summed E-state index contributed by atoms with van der Waals surface area (Å²) in [6, 6.07) is 6.53. The second kappa shape index (κ2) is 5.74. The van der Waals surface area contributed by atoms with Gasteiger partial charge in [-0.3, -0.25) is 0 Å². The molecule has 0 aliphatic carbocycles. The maximum Gasteiger partial charge on any atom is 0.108 e. The lowest BCUT2D eigenvalue weighted by Gasteiger charge is -2.07. The van der Waals surface area contributed by atoms with Crippen molar-refractivity contribution in [1.82, 2.24) is 0 Å². The fraction of sp³-hybridized carbons (Fsp3) is 0.333. The summed E-state index contributed by atoms with van der Waals surface area (Å²) in [6.45, 7) is 0.303. The summed E-state index contributed by atoms with van der Waals surface area (Å²) in [5.41, 5.74) is 15.0. The van der Waals surface area contributed by atoms with E-state index in [1.165, 1.54) is 0 Å². The monoisotopic (exact) mass is 205 g/mol. The molecule has 6 nitrogen and oxygen atoms in total. The molecular formula is C9H11N5O. The standard InChI is InChI=1S/C9H11N5O/c10-6-9(12-14-11)5-7-1-3-8(13-15)4-2-7/h1-4,9H,5-6,10H2. The van der Waals surface area contributed by atoms with Crippen LogP contribution in [0.2, 0.25) is 0 Å². The van der Waals surface area contributed by atoms with Crippen LogP contribution in [-0.2, 0) is 6.42 Å². The van der Waals surface area contributed by atoms with Crippen LogP contribution in [0.1, 0.15) is 5.56 Å². The Labute approximate surface area is 86.7 Å². The molecule has 1 unspecified atom stereocenters. The van der Waals surface area contributed by atoms with Gasteiger partial charge in [0.15, 0.2) is 0 Å². The number of hydrogen-bond acceptors (Lipinski definition) is 4. The summed E-state index contributed by atoms with van der Waals surface area (Å²) >= 11 is 0. The summed E-state index contributed by atoms with van der Waals surface area (Å²) in [4.78, 5) is 12.9. The van der Waals surface area contributed by atoms with E-state index in [0.717, 1.165) is 5.56 Å². The zero-order valence-electron chi connectivity index (χ0n) is 8.08. The zero-order chi connectivity index (χ0) is 11.1. The molecule has 0 aromatic heterocycles. The van der Waals surface area contributed by atoms with Crippen LogP contribution in [0.3, 0.4) is 0 Å². The summed E-state index contributed by atoms with van der Waals surface area (Å²) < 4.78 is 0. The van der Waals surface area contributed by atoms with E-state index < -0.39 is 0 Å². The Morgan fingerprint density at radius 2 is 2.07 bits per heavy atom. The van der Waals surface area contributed by atoms with Crippen LogP contribution >= 0.6 is 0 Å². The van der Waals surface area contributed by atoms with Gasteiger partial charge in [-0.1, -0.05) is 17.2 Å². The quantitative estimate of drug-likeness (QED) is 0.344. The number of hydrogen-bond donors (Lipinski definition) is 1. The number of nitrogens with zero attached hydrogens (tertiary/aromatic N) is 4. The third-order valence-corrected chi connectivity index (χ3v) is 2.00. The number of azide groups is 1. The predicted molar refractivity (Wildman–Crippen MR) is 57.6 cm³/mol. The highest BCUT2D eigenvalue weighted by Crippen LogP contribution is 2.14. The highest BCUT2D eigenvalue weighted by Gasteiger charge is 2.04. The SMILES string of the molecule is [N-]=[N+]=NC(CN)Cc1ccc(N=O)cc1. The molecule has 0 radical (unpaired) electrons. The molecule has 0 amide bonds. The lowest BCUT2D eigenvalue weighted by molar-refractivity contribution is 0.673. The Hall–Kier alpha value is -1.91. The van der Waals surface area contributed by atoms with Gasteiger partial charge in [0.2, 0.25) is 0 Å². The molecule has 0 aliphatic rings. The third kappa shape index (κ3) is 3.38. The molecule has 6 heteroatoms. The van der Waals surface area contributed by atoms with Gasteiger partial charge in [0, 0.05) is 11.5 Å². The lowest BCUT2D eigenvalue weighted by Crippen LogP contribution is -2.19. The van der Waals surface area contributed by atoms with Gasteiger partial charge in [-0.2, -0.15) is 0 Å². The van der Waals surface area contributed by atoms with Crippen LogP contribution in [0, 0.1) is 4.91 Å². The van der Waals surface area contributed by atoms with Crippen molar-refractivity contribution in [2.75, 3.05) is 6.54 Å². The van der Waals surface area contributed by atoms with Crippen molar-refractivity contribution in [3.63, 3.8) is 0 Å². The van der Waals surface area contributed by atoms with Crippen molar-refractivity contribution in [3.8, 4) is 0 Å². The molecule has 1 aromatic carbocycles. The van der Waals surface area contributed by atoms with E-state index in [4.69, 9.17) is 11.3 Å². The summed E-state index contributed by atoms with van der Waals surface area (Å²) in [6.07, 6.45) is 0.569. The maximum atomic E-state index is 10.2. The van der Waals surface area contributed by atoms with Crippen LogP contribution < -0.4 is 5.73 Å². The van der Waals surface area contributed by atoms with Gasteiger partial charge in [0.1, 0.15) is 5.69 Å². The van der Waals surface area contributed by atoms with Crippen molar-refractivity contribution >= 4 is 5.69 Å². The highest BCUT2D eigenvalue weighted by molar-refractivity contribution is 5.38. The molecule has 1 rings (SSSR count). The highest BCUT2D eigenvalue weighted by atomic mass is 16.3. The fourth-order valence-electron chi connectivity index (χ4n) is 1.21. The molecule has 0 bridgehead atoms. The number of nitroso groups, excluding NO2 is 1. The van der Waals surface area contributed by atoms with Gasteiger partial charge in [-0.25, -0.2) is 0 Å². The van der Waals surface area contributed by atoms with Gasteiger partial charge < -0.3 is 5.73 Å². The Kier molecular flexibility index (Phi) is 4.28. The molecule has 2 N–H and O–H groups in total. The van der Waals surface area contributed by atoms with E-state index in [9.17, 15) is 4.91 Å². The van der Waals surface area contributed by atoms with Crippen LogP contribution in [-0.4, -0.2) is 12.6 Å². The van der Waals surface area contributed by atoms with Crippen LogP contribution in [0.5, 0.6) is 0 Å². The van der Waals surface area contributed by atoms with E-state index in [2.05, 4.69) is 15.2 Å². The van der Waals surface area contributed by atoms with E-state index >= 15 is 0 Å². The minimum absolute atomic E-state index is 0.245. The first-order chi connectivity index (χ1) is 7.30. The minimum Gasteiger partial charge on any atom is -0.330 e. The molecule has 0 heterocycles. The van der Waals surface area contributed by atoms with Gasteiger partial charge in [0.25, 0.3) is 0 Å². The first kappa shape index (κ1) is 11.2. The number of benzene rings is 1. The fourth-order valence-corrected chi connectivity index (χ4v) is 1.21. The Morgan fingerprint density at radius 1 is 1.40 bits per heavy atom. The van der Waals surface area contributed by atoms with Gasteiger partial charge in [0.05, 0.1) is 6.04 Å². The van der Waals surface area contributed by atoms with E-state index in [0.29, 0.717) is 18.7 Å². The second-order valence-corrected chi connectivity index (χ2v) is 3.06. The molecule has 0 spiro atoms. The topological polar surface area (TPSA) is 104 Å². The molecule has 78 valence electrons. The Bertz CT molecular complexity index is 369. The predicted octanol–water partition coefficient (Wildman–Crippen LogP) is 2.26. The molecule has 0 saturated heterocycles. The van der Waals surface area contributed by atoms with Crippen molar-refractivity contribution in [2.45, 2.75) is 12.5 Å². The molecule has 1 atom stereocenters. The summed E-state index contributed by atoms with van der Waals surface area (Å²) in [5.74, 6) is 0. The zero-order valence-corrected chi connectivity index (χ0v) is 8.08. The summed E-state index contributed by atoms with van der Waals surface area (Å²) in [7, 11) is 0. The van der Waals surface area contributed by atoms with Crippen molar-refractivity contribution in [2.24, 2.45) is 16.0 Å². The largest absolute Gasteiger partial charge is 0.330 e. The van der Waals surface area contributed by atoms with Gasteiger partial charge in [-0.05, 0) is 34.8 Å². The molecule has 15 heavy (non-hydrogen) atoms. The third-order valence-electron chi connectivity index (χ3n) is 2.00. The second-order valence-electron chi connectivity index (χ2n) is 3.06. The van der Waals surface area contributed by atoms with Crippen molar-refractivity contribution < 1.29 is 0 Å². The smallest absolute Gasteiger partial charge is 0.108 e. The molecular weight excluding hydrogens is 194 g/mol. The molecule has 0 aliphatic heterocycles. The summed E-state index contributed by atoms with van der Waals surface area (Å²) in [5, 5.41) is 6.34. The average Bonchev–Trinajstić information content (AvgIpc) is 2.29. The van der Waals surface area contributed by atoms with Crippen LogP contribution in [0.4, 0.5) is 5.69 Å². The van der Waals surface area contributed by atoms with E-state index in [1.54, 1.807) is 24.3 Å². The van der Waals surface area contributed by atoms with Crippen molar-refractivity contribution in [1.29, 1.82) is 0 Å². The van der Waals surface area contributed by atoms with E-state index in [1.807, 2.05) is 0 Å². The first-order valence-electron chi connectivity index (χ1n) is 4.46.